The molecule has 2 aromatic heterocycles. The highest BCUT2D eigenvalue weighted by atomic mass is 35.5. The highest BCUT2D eigenvalue weighted by Crippen LogP contribution is 2.34. The largest absolute Gasteiger partial charge is 0.397 e. The van der Waals surface area contributed by atoms with Crippen LogP contribution in [0.3, 0.4) is 0 Å². The molecular weight excluding hydrogens is 401 g/mol. The van der Waals surface area contributed by atoms with Crippen molar-refractivity contribution in [2.75, 3.05) is 11.1 Å². The van der Waals surface area contributed by atoms with Crippen LogP contribution in [0.1, 0.15) is 9.67 Å². The topological polar surface area (TPSA) is 68.0 Å². The fourth-order valence-corrected chi connectivity index (χ4v) is 3.91. The Kier molecular flexibility index (Phi) is 4.74. The zero-order valence-corrected chi connectivity index (χ0v) is 16.2. The second-order valence-corrected chi connectivity index (χ2v) is 7.73. The van der Waals surface area contributed by atoms with E-state index in [4.69, 9.17) is 28.9 Å². The molecule has 7 heteroatoms. The van der Waals surface area contributed by atoms with E-state index in [1.807, 2.05) is 36.4 Å². The third-order valence-corrected chi connectivity index (χ3v) is 5.66. The van der Waals surface area contributed by atoms with Gasteiger partial charge in [0, 0.05) is 26.7 Å². The van der Waals surface area contributed by atoms with Gasteiger partial charge in [-0.1, -0.05) is 35.3 Å². The monoisotopic (exact) mass is 413 g/mol. The summed E-state index contributed by atoms with van der Waals surface area (Å²) in [6, 6.07) is 18.1. The van der Waals surface area contributed by atoms with E-state index in [0.29, 0.717) is 31.1 Å². The maximum atomic E-state index is 12.6. The molecule has 0 atom stereocenters. The number of hydrogen-bond acceptors (Lipinski definition) is 4. The van der Waals surface area contributed by atoms with E-state index < -0.39 is 0 Å². The van der Waals surface area contributed by atoms with Gasteiger partial charge in [-0.25, -0.2) is 4.98 Å². The molecule has 2 aromatic carbocycles. The summed E-state index contributed by atoms with van der Waals surface area (Å²) >= 11 is 13.1. The number of halogens is 2. The van der Waals surface area contributed by atoms with Crippen LogP contribution in [-0.4, -0.2) is 10.9 Å². The van der Waals surface area contributed by atoms with E-state index in [1.165, 1.54) is 11.3 Å². The number of carbonyl (C=O) groups is 1. The first-order valence-electron chi connectivity index (χ1n) is 8.03. The zero-order valence-electron chi connectivity index (χ0n) is 13.9. The summed E-state index contributed by atoms with van der Waals surface area (Å²) < 4.78 is 0. The molecule has 4 aromatic rings. The predicted molar refractivity (Wildman–Crippen MR) is 114 cm³/mol. The van der Waals surface area contributed by atoms with Crippen molar-refractivity contribution in [3.63, 3.8) is 0 Å². The summed E-state index contributed by atoms with van der Waals surface area (Å²) in [6.45, 7) is 0. The first-order chi connectivity index (χ1) is 13.0. The van der Waals surface area contributed by atoms with Gasteiger partial charge in [-0.15, -0.1) is 11.3 Å². The van der Waals surface area contributed by atoms with E-state index >= 15 is 0 Å². The molecule has 3 N–H and O–H groups in total. The Labute approximate surface area is 169 Å². The van der Waals surface area contributed by atoms with Crippen LogP contribution >= 0.6 is 34.5 Å². The summed E-state index contributed by atoms with van der Waals surface area (Å²) in [4.78, 5) is 18.4. The van der Waals surface area contributed by atoms with Crippen molar-refractivity contribution in [2.24, 2.45) is 0 Å². The Bertz CT molecular complexity index is 1140. The molecule has 4 nitrogen and oxygen atoms in total. The number of hydrogen-bond donors (Lipinski definition) is 2. The van der Waals surface area contributed by atoms with Gasteiger partial charge >= 0.3 is 0 Å². The lowest BCUT2D eigenvalue weighted by Crippen LogP contribution is -2.11. The minimum atomic E-state index is -0.272. The van der Waals surface area contributed by atoms with Gasteiger partial charge in [0.15, 0.2) is 0 Å². The summed E-state index contributed by atoms with van der Waals surface area (Å²) in [6.07, 6.45) is 0. The molecule has 0 radical (unpaired) electrons. The number of fused-ring (bicyclic) bond motifs is 1. The number of pyridine rings is 1. The fraction of sp³-hybridized carbons (Fsp3) is 0. The quantitative estimate of drug-likeness (QED) is 0.425. The molecule has 0 bridgehead atoms. The van der Waals surface area contributed by atoms with Gasteiger partial charge in [0.2, 0.25) is 0 Å². The van der Waals surface area contributed by atoms with Crippen LogP contribution in [0, 0.1) is 0 Å². The van der Waals surface area contributed by atoms with Crippen LogP contribution in [0.25, 0.3) is 21.5 Å². The zero-order chi connectivity index (χ0) is 19.0. The van der Waals surface area contributed by atoms with Crippen molar-refractivity contribution < 1.29 is 4.79 Å². The molecule has 0 aliphatic heterocycles. The van der Waals surface area contributed by atoms with Crippen LogP contribution in [0.2, 0.25) is 10.0 Å². The second-order valence-electron chi connectivity index (χ2n) is 5.86. The number of thiophene rings is 1. The number of aromatic nitrogens is 1. The van der Waals surface area contributed by atoms with Gasteiger partial charge in [-0.05, 0) is 48.5 Å². The summed E-state index contributed by atoms with van der Waals surface area (Å²) in [5.41, 5.74) is 9.02. The lowest BCUT2D eigenvalue weighted by Gasteiger charge is -2.04. The third kappa shape index (κ3) is 3.62. The third-order valence-electron chi connectivity index (χ3n) is 4.04. The Morgan fingerprint density at radius 2 is 1.56 bits per heavy atom. The van der Waals surface area contributed by atoms with Gasteiger partial charge in [-0.3, -0.25) is 4.79 Å². The second kappa shape index (κ2) is 7.19. The molecule has 1 amide bonds. The molecule has 0 saturated carbocycles. The van der Waals surface area contributed by atoms with Gasteiger partial charge in [0.25, 0.3) is 5.91 Å². The van der Waals surface area contributed by atoms with E-state index in [2.05, 4.69) is 10.3 Å². The van der Waals surface area contributed by atoms with E-state index in [-0.39, 0.29) is 5.91 Å². The van der Waals surface area contributed by atoms with Gasteiger partial charge in [0.1, 0.15) is 9.71 Å². The van der Waals surface area contributed by atoms with Crippen LogP contribution in [-0.2, 0) is 0 Å². The number of benzene rings is 2. The van der Waals surface area contributed by atoms with Crippen LogP contribution in [0.4, 0.5) is 11.4 Å². The highest BCUT2D eigenvalue weighted by Gasteiger charge is 2.18. The summed E-state index contributed by atoms with van der Waals surface area (Å²) in [5.74, 6) is -0.272. The number of nitrogen functional groups attached to an aromatic ring is 1. The number of nitrogens with two attached hydrogens (primary N) is 1. The molecule has 0 saturated heterocycles. The number of nitrogens with one attached hydrogen (secondary N) is 1. The Morgan fingerprint density at radius 3 is 2.22 bits per heavy atom. The van der Waals surface area contributed by atoms with Crippen LogP contribution in [0.5, 0.6) is 0 Å². The predicted octanol–water partition coefficient (Wildman–Crippen LogP) is 6.10. The van der Waals surface area contributed by atoms with Crippen molar-refractivity contribution in [3.8, 4) is 11.3 Å². The van der Waals surface area contributed by atoms with Crippen LogP contribution < -0.4 is 11.1 Å². The van der Waals surface area contributed by atoms with Crippen molar-refractivity contribution in [1.82, 2.24) is 4.98 Å². The SMILES string of the molecule is Nc1c(C(=O)Nc2ccc(Cl)cc2)sc2nc(-c3ccc(Cl)cc3)ccc12. The van der Waals surface area contributed by atoms with Gasteiger partial charge in [-0.2, -0.15) is 0 Å². The lowest BCUT2D eigenvalue weighted by molar-refractivity contribution is 0.103. The molecule has 4 rings (SSSR count). The maximum absolute atomic E-state index is 12.6. The van der Waals surface area contributed by atoms with Crippen molar-refractivity contribution >= 4 is 62.0 Å². The standard InChI is InChI=1S/C20H13Cl2N3OS/c21-12-3-1-11(2-4-12)16-10-9-15-17(23)18(27-20(15)25-16)19(26)24-14-7-5-13(22)6-8-14/h1-10H,23H2,(H,24,26). The fourth-order valence-electron chi connectivity index (χ4n) is 2.67. The van der Waals surface area contributed by atoms with Crippen molar-refractivity contribution in [2.45, 2.75) is 0 Å². The van der Waals surface area contributed by atoms with E-state index in [0.717, 1.165) is 16.6 Å². The molecule has 2 heterocycles. The molecule has 134 valence electrons. The average molecular weight is 414 g/mol. The smallest absolute Gasteiger partial charge is 0.267 e. The normalized spacial score (nSPS) is 10.9. The molecule has 0 spiro atoms. The number of amides is 1. The maximum Gasteiger partial charge on any atom is 0.267 e. The molecular formula is C20H13Cl2N3OS. The highest BCUT2D eigenvalue weighted by molar-refractivity contribution is 7.21. The Morgan fingerprint density at radius 1 is 0.926 bits per heavy atom. The number of nitrogens with zero attached hydrogens (tertiary/aromatic N) is 1. The Hall–Kier alpha value is -2.60. The Balaban J connectivity index is 1.67. The molecule has 0 aliphatic carbocycles. The number of anilines is 2. The molecule has 27 heavy (non-hydrogen) atoms. The molecule has 0 unspecified atom stereocenters. The van der Waals surface area contributed by atoms with Crippen molar-refractivity contribution in [1.29, 1.82) is 0 Å². The van der Waals surface area contributed by atoms with E-state index in [9.17, 15) is 4.79 Å². The van der Waals surface area contributed by atoms with E-state index in [1.54, 1.807) is 24.3 Å². The number of carbonyl (C=O) groups excluding carboxylic acids is 1. The first kappa shape index (κ1) is 17.8. The minimum Gasteiger partial charge on any atom is -0.397 e. The lowest BCUT2D eigenvalue weighted by atomic mass is 10.1. The minimum absolute atomic E-state index is 0.272. The first-order valence-corrected chi connectivity index (χ1v) is 9.60. The van der Waals surface area contributed by atoms with Crippen LogP contribution in [0.15, 0.2) is 60.7 Å². The average Bonchev–Trinajstić information content (AvgIpc) is 3.00. The number of rotatable bonds is 3. The summed E-state index contributed by atoms with van der Waals surface area (Å²) in [7, 11) is 0. The van der Waals surface area contributed by atoms with Gasteiger partial charge in [0.05, 0.1) is 11.4 Å². The summed E-state index contributed by atoms with van der Waals surface area (Å²) in [5, 5.41) is 4.87. The molecule has 0 aliphatic rings. The van der Waals surface area contributed by atoms with Crippen molar-refractivity contribution in [3.05, 3.63) is 75.6 Å². The molecule has 0 fully saturated rings. The van der Waals surface area contributed by atoms with Gasteiger partial charge < -0.3 is 11.1 Å².